The van der Waals surface area contributed by atoms with Crippen LogP contribution in [0.3, 0.4) is 0 Å². The number of thiophene rings is 1. The number of nitrogens with zero attached hydrogens (tertiary/aromatic N) is 2. The highest BCUT2D eigenvalue weighted by Crippen LogP contribution is 2.29. The Bertz CT molecular complexity index is 950. The van der Waals surface area contributed by atoms with Crippen LogP contribution in [0, 0.1) is 12.8 Å². The minimum absolute atomic E-state index is 0.0417. The van der Waals surface area contributed by atoms with E-state index in [1.165, 1.54) is 24.7 Å². The molecule has 0 bridgehead atoms. The molecule has 3 rings (SSSR count). The van der Waals surface area contributed by atoms with Crippen molar-refractivity contribution in [2.45, 2.75) is 33.9 Å². The number of aromatic nitrogens is 2. The van der Waals surface area contributed by atoms with Crippen LogP contribution in [0.1, 0.15) is 45.3 Å². The number of fused-ring (bicyclic) bond motifs is 1. The van der Waals surface area contributed by atoms with Gasteiger partial charge in [0.25, 0.3) is 0 Å². The lowest BCUT2D eigenvalue weighted by Crippen LogP contribution is -2.07. The van der Waals surface area contributed by atoms with Crippen molar-refractivity contribution >= 4 is 33.5 Å². The smallest absolute Gasteiger partial charge is 0.374 e. The molecule has 0 unspecified atom stereocenters. The van der Waals surface area contributed by atoms with Crippen LogP contribution < -0.4 is 0 Å². The first-order valence-corrected chi connectivity index (χ1v) is 9.01. The van der Waals surface area contributed by atoms with E-state index in [9.17, 15) is 9.59 Å². The van der Waals surface area contributed by atoms with Gasteiger partial charge in [0.1, 0.15) is 16.3 Å². The molecule has 0 radical (unpaired) electrons. The molecule has 8 heteroatoms. The number of carbonyl (C=O) groups is 2. The number of hydrogen-bond donors (Lipinski definition) is 0. The van der Waals surface area contributed by atoms with Crippen molar-refractivity contribution in [3.63, 3.8) is 0 Å². The molecule has 26 heavy (non-hydrogen) atoms. The SMILES string of the molecule is COC(=O)c1occc1COC(=O)c1cc2c(C)nn(CC(C)C)c2s1. The molecular formula is C18H20N2O5S. The Morgan fingerprint density at radius 1 is 1.35 bits per heavy atom. The van der Waals surface area contributed by atoms with Gasteiger partial charge in [0, 0.05) is 17.5 Å². The molecule has 0 aliphatic rings. The van der Waals surface area contributed by atoms with Gasteiger partial charge in [0.05, 0.1) is 19.1 Å². The molecule has 3 heterocycles. The zero-order chi connectivity index (χ0) is 18.8. The van der Waals surface area contributed by atoms with Gasteiger partial charge in [0.15, 0.2) is 0 Å². The first-order valence-electron chi connectivity index (χ1n) is 8.19. The minimum Gasteiger partial charge on any atom is -0.463 e. The van der Waals surface area contributed by atoms with Crippen molar-refractivity contribution < 1.29 is 23.5 Å². The second-order valence-electron chi connectivity index (χ2n) is 6.33. The van der Waals surface area contributed by atoms with E-state index in [1.807, 2.05) is 11.6 Å². The number of furan rings is 1. The van der Waals surface area contributed by atoms with E-state index in [2.05, 4.69) is 23.7 Å². The van der Waals surface area contributed by atoms with Gasteiger partial charge in [-0.1, -0.05) is 13.8 Å². The standard InChI is InChI=1S/C18H20N2O5S/c1-10(2)8-20-16-13(11(3)19-20)7-14(26-16)17(21)25-9-12-5-6-24-15(12)18(22)23-4/h5-7,10H,8-9H2,1-4H3. The molecule has 0 amide bonds. The molecule has 3 aromatic heterocycles. The average Bonchev–Trinajstić information content (AvgIpc) is 3.29. The van der Waals surface area contributed by atoms with Crippen LogP contribution in [0.25, 0.3) is 10.2 Å². The summed E-state index contributed by atoms with van der Waals surface area (Å²) in [5.74, 6) is -0.557. The Labute approximate surface area is 154 Å². The van der Waals surface area contributed by atoms with Gasteiger partial charge in [-0.2, -0.15) is 5.10 Å². The van der Waals surface area contributed by atoms with Gasteiger partial charge in [-0.05, 0) is 25.0 Å². The number of esters is 2. The quantitative estimate of drug-likeness (QED) is 0.609. The fraction of sp³-hybridized carbons (Fsp3) is 0.389. The van der Waals surface area contributed by atoms with Gasteiger partial charge in [-0.25, -0.2) is 9.59 Å². The zero-order valence-electron chi connectivity index (χ0n) is 15.1. The Morgan fingerprint density at radius 2 is 2.12 bits per heavy atom. The average molecular weight is 376 g/mol. The van der Waals surface area contributed by atoms with Crippen molar-refractivity contribution in [2.75, 3.05) is 7.11 Å². The summed E-state index contributed by atoms with van der Waals surface area (Å²) in [6.07, 6.45) is 1.36. The highest BCUT2D eigenvalue weighted by molar-refractivity contribution is 7.20. The van der Waals surface area contributed by atoms with Gasteiger partial charge >= 0.3 is 11.9 Å². The molecule has 0 aromatic carbocycles. The third kappa shape index (κ3) is 3.50. The summed E-state index contributed by atoms with van der Waals surface area (Å²) in [6, 6.07) is 3.38. The monoisotopic (exact) mass is 376 g/mol. The summed E-state index contributed by atoms with van der Waals surface area (Å²) in [4.78, 5) is 25.5. The number of rotatable bonds is 6. The number of aryl methyl sites for hydroxylation is 1. The molecule has 3 aromatic rings. The molecular weight excluding hydrogens is 356 g/mol. The Balaban J connectivity index is 1.76. The molecule has 0 aliphatic heterocycles. The maximum Gasteiger partial charge on any atom is 0.374 e. The van der Waals surface area contributed by atoms with Crippen molar-refractivity contribution in [3.8, 4) is 0 Å². The van der Waals surface area contributed by atoms with E-state index in [0.29, 0.717) is 16.4 Å². The van der Waals surface area contributed by atoms with E-state index in [1.54, 1.807) is 12.1 Å². The van der Waals surface area contributed by atoms with E-state index < -0.39 is 11.9 Å². The third-order valence-electron chi connectivity index (χ3n) is 3.82. The molecule has 0 aliphatic carbocycles. The van der Waals surface area contributed by atoms with E-state index in [-0.39, 0.29) is 12.4 Å². The van der Waals surface area contributed by atoms with Gasteiger partial charge in [0.2, 0.25) is 5.76 Å². The second kappa shape index (κ2) is 7.33. The summed E-state index contributed by atoms with van der Waals surface area (Å²) >= 11 is 1.36. The van der Waals surface area contributed by atoms with Crippen molar-refractivity contribution in [1.29, 1.82) is 0 Å². The van der Waals surface area contributed by atoms with Crippen molar-refractivity contribution in [3.05, 3.63) is 40.3 Å². The first kappa shape index (κ1) is 18.2. The van der Waals surface area contributed by atoms with Crippen molar-refractivity contribution in [2.24, 2.45) is 5.92 Å². The topological polar surface area (TPSA) is 83.6 Å². The Morgan fingerprint density at radius 3 is 2.81 bits per heavy atom. The molecule has 0 saturated carbocycles. The number of carbonyl (C=O) groups excluding carboxylic acids is 2. The molecule has 7 nitrogen and oxygen atoms in total. The summed E-state index contributed by atoms with van der Waals surface area (Å²) in [7, 11) is 1.26. The van der Waals surface area contributed by atoms with E-state index in [0.717, 1.165) is 22.5 Å². The number of ether oxygens (including phenoxy) is 2. The summed E-state index contributed by atoms with van der Waals surface area (Å²) in [5, 5.41) is 5.49. The van der Waals surface area contributed by atoms with Crippen LogP contribution in [0.4, 0.5) is 0 Å². The lowest BCUT2D eigenvalue weighted by atomic mass is 10.2. The summed E-state index contributed by atoms with van der Waals surface area (Å²) in [5.41, 5.74) is 1.35. The molecule has 0 spiro atoms. The molecule has 138 valence electrons. The fourth-order valence-corrected chi connectivity index (χ4v) is 3.68. The van der Waals surface area contributed by atoms with E-state index in [4.69, 9.17) is 9.15 Å². The van der Waals surface area contributed by atoms with Crippen LogP contribution in [0.5, 0.6) is 0 Å². The van der Waals surface area contributed by atoms with E-state index >= 15 is 0 Å². The Kier molecular flexibility index (Phi) is 5.13. The molecule has 0 fully saturated rings. The first-order chi connectivity index (χ1) is 12.4. The predicted molar refractivity (Wildman–Crippen MR) is 96.4 cm³/mol. The maximum atomic E-state index is 12.4. The summed E-state index contributed by atoms with van der Waals surface area (Å²) in [6.45, 7) is 6.89. The number of methoxy groups -OCH3 is 1. The number of hydrogen-bond acceptors (Lipinski definition) is 7. The highest BCUT2D eigenvalue weighted by atomic mass is 32.1. The zero-order valence-corrected chi connectivity index (χ0v) is 15.9. The van der Waals surface area contributed by atoms with Crippen LogP contribution in [-0.2, 0) is 22.6 Å². The van der Waals surface area contributed by atoms with Crippen LogP contribution in [0.15, 0.2) is 22.8 Å². The molecule has 0 atom stereocenters. The molecule has 0 N–H and O–H groups in total. The van der Waals surface area contributed by atoms with Gasteiger partial charge in [-0.3, -0.25) is 4.68 Å². The maximum absolute atomic E-state index is 12.4. The predicted octanol–water partition coefficient (Wildman–Crippen LogP) is 3.80. The van der Waals surface area contributed by atoms with Crippen LogP contribution in [0.2, 0.25) is 0 Å². The van der Waals surface area contributed by atoms with Crippen LogP contribution >= 0.6 is 11.3 Å². The third-order valence-corrected chi connectivity index (χ3v) is 4.95. The van der Waals surface area contributed by atoms with Gasteiger partial charge in [-0.15, -0.1) is 11.3 Å². The fourth-order valence-electron chi connectivity index (χ4n) is 2.62. The largest absolute Gasteiger partial charge is 0.463 e. The van der Waals surface area contributed by atoms with Crippen LogP contribution in [-0.4, -0.2) is 28.8 Å². The van der Waals surface area contributed by atoms with Gasteiger partial charge < -0.3 is 13.9 Å². The molecule has 0 saturated heterocycles. The normalized spacial score (nSPS) is 11.3. The minimum atomic E-state index is -0.604. The Hall–Kier alpha value is -2.61. The lowest BCUT2D eigenvalue weighted by Gasteiger charge is -2.05. The second-order valence-corrected chi connectivity index (χ2v) is 7.36. The van der Waals surface area contributed by atoms with Crippen molar-refractivity contribution in [1.82, 2.24) is 9.78 Å². The summed E-state index contributed by atoms with van der Waals surface area (Å²) < 4.78 is 17.0. The lowest BCUT2D eigenvalue weighted by molar-refractivity contribution is 0.0458. The highest BCUT2D eigenvalue weighted by Gasteiger charge is 2.20.